The molecule has 0 fully saturated rings. The summed E-state index contributed by atoms with van der Waals surface area (Å²) in [5, 5.41) is 5.21. The van der Waals surface area contributed by atoms with Gasteiger partial charge in [0.05, 0.1) is 11.1 Å². The van der Waals surface area contributed by atoms with Gasteiger partial charge in [0, 0.05) is 32.8 Å². The highest BCUT2D eigenvalue weighted by Crippen LogP contribution is 2.21. The summed E-state index contributed by atoms with van der Waals surface area (Å²) in [6.07, 6.45) is 3.76. The zero-order valence-electron chi connectivity index (χ0n) is 21.4. The summed E-state index contributed by atoms with van der Waals surface area (Å²) >= 11 is 2.11. The summed E-state index contributed by atoms with van der Waals surface area (Å²) in [7, 11) is -3.94. The third kappa shape index (κ3) is 6.85. The van der Waals surface area contributed by atoms with Crippen LogP contribution in [0.15, 0.2) is 125 Å². The average molecular weight is 663 g/mol. The number of sulfonamides is 1. The van der Waals surface area contributed by atoms with Crippen LogP contribution in [0.1, 0.15) is 16.7 Å². The van der Waals surface area contributed by atoms with E-state index in [0.717, 1.165) is 25.6 Å². The van der Waals surface area contributed by atoms with Crippen molar-refractivity contribution in [3.05, 3.63) is 136 Å². The van der Waals surface area contributed by atoms with Gasteiger partial charge in [-0.25, -0.2) is 13.8 Å². The van der Waals surface area contributed by atoms with E-state index in [1.54, 1.807) is 18.3 Å². The molecule has 0 aliphatic carbocycles. The number of carbonyl (C=O) groups is 1. The van der Waals surface area contributed by atoms with Crippen LogP contribution in [-0.4, -0.2) is 31.1 Å². The van der Waals surface area contributed by atoms with Gasteiger partial charge < -0.3 is 4.57 Å². The molecule has 0 saturated carbocycles. The third-order valence-corrected chi connectivity index (χ3v) is 8.62. The van der Waals surface area contributed by atoms with Crippen LogP contribution in [0.4, 0.5) is 0 Å². The highest BCUT2D eigenvalue weighted by molar-refractivity contribution is 14.1. The molecule has 5 aromatic rings. The lowest BCUT2D eigenvalue weighted by atomic mass is 10.1. The molecule has 2 N–H and O–H groups in total. The summed E-state index contributed by atoms with van der Waals surface area (Å²) in [5.74, 6) is -0.554. The number of nitrogens with zero attached hydrogens (tertiary/aromatic N) is 2. The molecule has 0 saturated heterocycles. The Morgan fingerprint density at radius 2 is 1.48 bits per heavy atom. The van der Waals surface area contributed by atoms with Crippen molar-refractivity contribution >= 4 is 55.6 Å². The van der Waals surface area contributed by atoms with E-state index in [4.69, 9.17) is 0 Å². The van der Waals surface area contributed by atoms with Crippen molar-refractivity contribution in [3.63, 3.8) is 0 Å². The summed E-state index contributed by atoms with van der Waals surface area (Å²) in [5.41, 5.74) is 6.43. The standard InChI is InChI=1S/C31H27IN4O3S/c32-26-15-17-27(18-16-26)40(38,39)35-29(19-23-9-3-1-4-10-23)31(37)34-33-20-25-22-36(21-24-11-5-2-6-12-24)30-14-8-7-13-28(25)30/h1-18,20,22,29,35H,19,21H2,(H,34,37)/b33-20-/t29-/m0/s1. The SMILES string of the molecule is O=C(N/N=C\c1cn(Cc2ccccc2)c2ccccc12)[C@H](Cc1ccccc1)NS(=O)(=O)c1ccc(I)cc1. The Kier molecular flexibility index (Phi) is 8.73. The zero-order chi connectivity index (χ0) is 28.0. The maximum Gasteiger partial charge on any atom is 0.258 e. The lowest BCUT2D eigenvalue weighted by Crippen LogP contribution is -2.46. The van der Waals surface area contributed by atoms with Gasteiger partial charge in [0.1, 0.15) is 6.04 Å². The van der Waals surface area contributed by atoms with Crippen LogP contribution in [0, 0.1) is 3.57 Å². The largest absolute Gasteiger partial charge is 0.342 e. The van der Waals surface area contributed by atoms with Gasteiger partial charge in [-0.2, -0.15) is 9.82 Å². The molecular formula is C31H27IN4O3S. The molecule has 4 aromatic carbocycles. The van der Waals surface area contributed by atoms with Gasteiger partial charge in [-0.05, 0) is 70.5 Å². The molecule has 1 atom stereocenters. The number of hydrogen-bond acceptors (Lipinski definition) is 4. The number of nitrogens with one attached hydrogen (secondary N) is 2. The van der Waals surface area contributed by atoms with Crippen LogP contribution < -0.4 is 10.1 Å². The van der Waals surface area contributed by atoms with Crippen LogP contribution in [0.5, 0.6) is 0 Å². The van der Waals surface area contributed by atoms with E-state index in [0.29, 0.717) is 6.54 Å². The van der Waals surface area contributed by atoms with E-state index in [9.17, 15) is 13.2 Å². The number of aromatic nitrogens is 1. The van der Waals surface area contributed by atoms with Crippen molar-refractivity contribution in [1.82, 2.24) is 14.7 Å². The molecule has 202 valence electrons. The Morgan fingerprint density at radius 1 is 0.850 bits per heavy atom. The fourth-order valence-corrected chi connectivity index (χ4v) is 5.99. The lowest BCUT2D eigenvalue weighted by molar-refractivity contribution is -0.122. The Hall–Kier alpha value is -3.80. The number of carbonyl (C=O) groups excluding carboxylic acids is 1. The normalized spacial score (nSPS) is 12.5. The van der Waals surface area contributed by atoms with Crippen molar-refractivity contribution in [1.29, 1.82) is 0 Å². The second kappa shape index (κ2) is 12.6. The van der Waals surface area contributed by atoms with Gasteiger partial charge in [0.25, 0.3) is 5.91 Å². The molecule has 1 amide bonds. The predicted molar refractivity (Wildman–Crippen MR) is 167 cm³/mol. The fourth-order valence-electron chi connectivity index (χ4n) is 4.44. The smallest absolute Gasteiger partial charge is 0.258 e. The molecular weight excluding hydrogens is 635 g/mol. The van der Waals surface area contributed by atoms with Crippen LogP contribution in [0.3, 0.4) is 0 Å². The minimum atomic E-state index is -3.94. The number of fused-ring (bicyclic) bond motifs is 1. The number of hydrogen-bond donors (Lipinski definition) is 2. The number of halogens is 1. The lowest BCUT2D eigenvalue weighted by Gasteiger charge is -2.17. The van der Waals surface area contributed by atoms with Crippen LogP contribution in [-0.2, 0) is 27.8 Å². The molecule has 0 radical (unpaired) electrons. The Labute approximate surface area is 247 Å². The molecule has 5 rings (SSSR count). The van der Waals surface area contributed by atoms with Gasteiger partial charge in [-0.3, -0.25) is 4.79 Å². The first-order valence-electron chi connectivity index (χ1n) is 12.7. The zero-order valence-corrected chi connectivity index (χ0v) is 24.4. The Morgan fingerprint density at radius 3 is 2.17 bits per heavy atom. The first-order chi connectivity index (χ1) is 19.4. The highest BCUT2D eigenvalue weighted by Gasteiger charge is 2.26. The fraction of sp³-hybridized carbons (Fsp3) is 0.0968. The van der Waals surface area contributed by atoms with Crippen molar-refractivity contribution in [2.75, 3.05) is 0 Å². The van der Waals surface area contributed by atoms with Crippen molar-refractivity contribution in [2.24, 2.45) is 5.10 Å². The molecule has 0 unspecified atom stereocenters. The van der Waals surface area contributed by atoms with Crippen LogP contribution >= 0.6 is 22.6 Å². The summed E-state index contributed by atoms with van der Waals surface area (Å²) in [6, 6.07) is 32.8. The van der Waals surface area contributed by atoms with Crippen LogP contribution in [0.25, 0.3) is 10.9 Å². The monoisotopic (exact) mass is 662 g/mol. The summed E-state index contributed by atoms with van der Waals surface area (Å²) in [6.45, 7) is 0.695. The highest BCUT2D eigenvalue weighted by atomic mass is 127. The van der Waals surface area contributed by atoms with Gasteiger partial charge in [-0.15, -0.1) is 0 Å². The quantitative estimate of drug-likeness (QED) is 0.120. The van der Waals surface area contributed by atoms with E-state index in [1.807, 2.05) is 79.0 Å². The van der Waals surface area contributed by atoms with E-state index in [2.05, 4.69) is 54.5 Å². The molecule has 1 aromatic heterocycles. The van der Waals surface area contributed by atoms with Crippen molar-refractivity contribution in [2.45, 2.75) is 23.9 Å². The van der Waals surface area contributed by atoms with E-state index < -0.39 is 22.0 Å². The van der Waals surface area contributed by atoms with E-state index >= 15 is 0 Å². The Bertz CT molecular complexity index is 1740. The maximum atomic E-state index is 13.3. The van der Waals surface area contributed by atoms with Gasteiger partial charge in [-0.1, -0.05) is 78.9 Å². The molecule has 0 bridgehead atoms. The first kappa shape index (κ1) is 27.8. The number of para-hydroxylation sites is 1. The summed E-state index contributed by atoms with van der Waals surface area (Å²) in [4.78, 5) is 13.3. The van der Waals surface area contributed by atoms with Crippen molar-refractivity contribution in [3.8, 4) is 0 Å². The summed E-state index contributed by atoms with van der Waals surface area (Å²) < 4.78 is 31.8. The van der Waals surface area contributed by atoms with Gasteiger partial charge in [0.2, 0.25) is 10.0 Å². The van der Waals surface area contributed by atoms with Crippen molar-refractivity contribution < 1.29 is 13.2 Å². The second-order valence-electron chi connectivity index (χ2n) is 9.27. The van der Waals surface area contributed by atoms with E-state index in [-0.39, 0.29) is 11.3 Å². The van der Waals surface area contributed by atoms with Crippen LogP contribution in [0.2, 0.25) is 0 Å². The molecule has 7 nitrogen and oxygen atoms in total. The maximum absolute atomic E-state index is 13.3. The Balaban J connectivity index is 1.36. The van der Waals surface area contributed by atoms with Gasteiger partial charge >= 0.3 is 0 Å². The molecule has 0 aliphatic rings. The molecule has 1 heterocycles. The molecule has 0 aliphatic heterocycles. The van der Waals surface area contributed by atoms with Gasteiger partial charge in [0.15, 0.2) is 0 Å². The second-order valence-corrected chi connectivity index (χ2v) is 12.2. The first-order valence-corrected chi connectivity index (χ1v) is 15.2. The molecule has 40 heavy (non-hydrogen) atoms. The number of benzene rings is 4. The minimum Gasteiger partial charge on any atom is -0.342 e. The topological polar surface area (TPSA) is 92.6 Å². The third-order valence-electron chi connectivity index (χ3n) is 6.41. The minimum absolute atomic E-state index is 0.0912. The molecule has 0 spiro atoms. The number of amides is 1. The molecule has 9 heteroatoms. The predicted octanol–water partition coefficient (Wildman–Crippen LogP) is 5.33. The average Bonchev–Trinajstić information content (AvgIpc) is 3.31. The number of hydrazone groups is 1. The number of rotatable bonds is 10. The van der Waals surface area contributed by atoms with E-state index in [1.165, 1.54) is 17.7 Å².